The van der Waals surface area contributed by atoms with Gasteiger partial charge in [0.15, 0.2) is 0 Å². The summed E-state index contributed by atoms with van der Waals surface area (Å²) in [7, 11) is 0. The molecule has 7 nitrogen and oxygen atoms in total. The molecule has 1 amide bonds. The monoisotopic (exact) mass is 533 g/mol. The van der Waals surface area contributed by atoms with Crippen molar-refractivity contribution in [2.24, 2.45) is 11.7 Å². The Labute approximate surface area is 228 Å². The summed E-state index contributed by atoms with van der Waals surface area (Å²) in [6.45, 7) is 9.36. The van der Waals surface area contributed by atoms with E-state index in [9.17, 15) is 9.59 Å². The fourth-order valence-corrected chi connectivity index (χ4v) is 5.10. The standard InChI is InChI=1S/C30H36ClN5O2/c1-20(2)28(34(17-9-8-16-32)29(37)24-14-12-21(3)13-15-24)26-18-25-27(31)22(4)33-36(25)30(38)35(26)19-23-10-6-5-7-11-23/h5-7,10-15,18,20,28H,8-9,16-17,19,32H2,1-4H3/t28-/m1/s1. The fraction of sp³-hybridized carbons (Fsp3) is 0.367. The Morgan fingerprint density at radius 3 is 2.37 bits per heavy atom. The number of unbranched alkanes of at least 4 members (excludes halogenated alkanes) is 1. The van der Waals surface area contributed by atoms with E-state index < -0.39 is 0 Å². The number of carbonyl (C=O) groups excluding carboxylic acids is 1. The van der Waals surface area contributed by atoms with Gasteiger partial charge in [-0.3, -0.25) is 9.36 Å². The van der Waals surface area contributed by atoms with Crippen molar-refractivity contribution in [1.29, 1.82) is 0 Å². The quantitative estimate of drug-likeness (QED) is 0.277. The molecule has 0 unspecified atom stereocenters. The summed E-state index contributed by atoms with van der Waals surface area (Å²) in [5.41, 5.74) is 10.1. The van der Waals surface area contributed by atoms with Crippen molar-refractivity contribution in [2.45, 2.75) is 53.1 Å². The first-order valence-electron chi connectivity index (χ1n) is 13.1. The molecule has 4 rings (SSSR count). The first kappa shape index (κ1) is 27.6. The number of hydrogen-bond acceptors (Lipinski definition) is 4. The maximum absolute atomic E-state index is 14.0. The van der Waals surface area contributed by atoms with Crippen molar-refractivity contribution in [3.05, 3.63) is 104 Å². The Hall–Kier alpha value is -3.42. The molecule has 0 aliphatic carbocycles. The normalized spacial score (nSPS) is 12.3. The molecule has 1 atom stereocenters. The lowest BCUT2D eigenvalue weighted by Gasteiger charge is -2.36. The van der Waals surface area contributed by atoms with Gasteiger partial charge in [0.05, 0.1) is 28.8 Å². The number of nitrogens with two attached hydrogens (primary N) is 1. The van der Waals surface area contributed by atoms with E-state index in [-0.39, 0.29) is 23.6 Å². The molecule has 0 saturated carbocycles. The van der Waals surface area contributed by atoms with E-state index in [0.29, 0.717) is 41.4 Å². The maximum Gasteiger partial charge on any atom is 0.349 e. The second kappa shape index (κ2) is 12.0. The van der Waals surface area contributed by atoms with Crippen LogP contribution in [0, 0.1) is 19.8 Å². The number of carbonyl (C=O) groups is 1. The van der Waals surface area contributed by atoms with Crippen LogP contribution in [0.3, 0.4) is 0 Å². The Balaban J connectivity index is 1.93. The number of aromatic nitrogens is 3. The third kappa shape index (κ3) is 5.69. The number of hydrogen-bond donors (Lipinski definition) is 1. The number of benzene rings is 2. The molecular formula is C30H36ClN5O2. The lowest BCUT2D eigenvalue weighted by molar-refractivity contribution is 0.0606. The van der Waals surface area contributed by atoms with Crippen LogP contribution >= 0.6 is 11.6 Å². The van der Waals surface area contributed by atoms with Crippen molar-refractivity contribution in [2.75, 3.05) is 13.1 Å². The topological polar surface area (TPSA) is 85.6 Å². The Morgan fingerprint density at radius 2 is 1.74 bits per heavy atom. The van der Waals surface area contributed by atoms with Crippen LogP contribution in [-0.2, 0) is 6.54 Å². The van der Waals surface area contributed by atoms with Gasteiger partial charge in [-0.15, -0.1) is 0 Å². The summed E-state index contributed by atoms with van der Waals surface area (Å²) in [5, 5.41) is 4.86. The summed E-state index contributed by atoms with van der Waals surface area (Å²) in [5.74, 6) is -0.0657. The van der Waals surface area contributed by atoms with E-state index in [4.69, 9.17) is 17.3 Å². The van der Waals surface area contributed by atoms with Gasteiger partial charge in [-0.1, -0.05) is 73.5 Å². The largest absolute Gasteiger partial charge is 0.349 e. The lowest BCUT2D eigenvalue weighted by atomic mass is 9.96. The molecule has 4 aromatic rings. The molecule has 0 aliphatic rings. The van der Waals surface area contributed by atoms with Crippen LogP contribution < -0.4 is 11.4 Å². The number of amides is 1. The zero-order valence-electron chi connectivity index (χ0n) is 22.5. The highest BCUT2D eigenvalue weighted by Crippen LogP contribution is 2.33. The number of fused-ring (bicyclic) bond motifs is 1. The van der Waals surface area contributed by atoms with Crippen molar-refractivity contribution in [1.82, 2.24) is 19.1 Å². The van der Waals surface area contributed by atoms with E-state index >= 15 is 0 Å². The summed E-state index contributed by atoms with van der Waals surface area (Å²) < 4.78 is 3.09. The molecule has 0 spiro atoms. The summed E-state index contributed by atoms with van der Waals surface area (Å²) in [6, 6.07) is 19.0. The molecule has 0 aliphatic heterocycles. The van der Waals surface area contributed by atoms with Gasteiger partial charge in [-0.05, 0) is 62.9 Å². The molecule has 2 aromatic carbocycles. The van der Waals surface area contributed by atoms with Crippen LogP contribution in [0.4, 0.5) is 0 Å². The Morgan fingerprint density at radius 1 is 1.05 bits per heavy atom. The Kier molecular flexibility index (Phi) is 8.69. The minimum atomic E-state index is -0.380. The van der Waals surface area contributed by atoms with E-state index in [1.165, 1.54) is 4.52 Å². The highest BCUT2D eigenvalue weighted by molar-refractivity contribution is 6.34. The van der Waals surface area contributed by atoms with Crippen molar-refractivity contribution in [3.8, 4) is 0 Å². The van der Waals surface area contributed by atoms with Crippen LogP contribution in [0.2, 0.25) is 5.02 Å². The molecular weight excluding hydrogens is 498 g/mol. The Bertz CT molecular complexity index is 1460. The minimum Gasteiger partial charge on any atom is -0.330 e. The predicted molar refractivity (Wildman–Crippen MR) is 153 cm³/mol. The first-order valence-corrected chi connectivity index (χ1v) is 13.5. The molecule has 2 aromatic heterocycles. The van der Waals surface area contributed by atoms with E-state index in [0.717, 1.165) is 29.7 Å². The highest BCUT2D eigenvalue weighted by atomic mass is 35.5. The molecule has 0 bridgehead atoms. The SMILES string of the molecule is Cc1ccc(C(=O)N(CCCCN)[C@@H](c2cc3c(Cl)c(C)nn3c(=O)n2Cc2ccccc2)C(C)C)cc1. The number of aryl methyl sites for hydroxylation is 2. The third-order valence-electron chi connectivity index (χ3n) is 6.90. The minimum absolute atomic E-state index is 0.00828. The highest BCUT2D eigenvalue weighted by Gasteiger charge is 2.32. The van der Waals surface area contributed by atoms with E-state index in [1.54, 1.807) is 11.5 Å². The molecule has 0 fully saturated rings. The van der Waals surface area contributed by atoms with Crippen LogP contribution in [-0.4, -0.2) is 38.1 Å². The van der Waals surface area contributed by atoms with Gasteiger partial charge >= 0.3 is 5.69 Å². The second-order valence-corrected chi connectivity index (χ2v) is 10.5. The molecule has 0 saturated heterocycles. The summed E-state index contributed by atoms with van der Waals surface area (Å²) in [4.78, 5) is 29.8. The summed E-state index contributed by atoms with van der Waals surface area (Å²) >= 11 is 6.61. The zero-order chi connectivity index (χ0) is 27.4. The van der Waals surface area contributed by atoms with Gasteiger partial charge in [0.25, 0.3) is 5.91 Å². The maximum atomic E-state index is 14.0. The van der Waals surface area contributed by atoms with Gasteiger partial charge in [-0.25, -0.2) is 4.79 Å². The number of nitrogens with zero attached hydrogens (tertiary/aromatic N) is 4. The molecule has 2 N–H and O–H groups in total. The van der Waals surface area contributed by atoms with Crippen LogP contribution in [0.15, 0.2) is 65.5 Å². The predicted octanol–water partition coefficient (Wildman–Crippen LogP) is 5.39. The molecule has 200 valence electrons. The second-order valence-electron chi connectivity index (χ2n) is 10.2. The van der Waals surface area contributed by atoms with Crippen LogP contribution in [0.1, 0.15) is 65.6 Å². The van der Waals surface area contributed by atoms with Gasteiger partial charge in [0.1, 0.15) is 0 Å². The van der Waals surface area contributed by atoms with Gasteiger partial charge < -0.3 is 10.6 Å². The van der Waals surface area contributed by atoms with Crippen molar-refractivity contribution in [3.63, 3.8) is 0 Å². The van der Waals surface area contributed by atoms with Crippen molar-refractivity contribution < 1.29 is 4.79 Å². The van der Waals surface area contributed by atoms with Crippen molar-refractivity contribution >= 4 is 23.0 Å². The lowest BCUT2D eigenvalue weighted by Crippen LogP contribution is -2.42. The average Bonchev–Trinajstić information content (AvgIpc) is 3.19. The van der Waals surface area contributed by atoms with Crippen LogP contribution in [0.25, 0.3) is 5.52 Å². The number of halogens is 1. The van der Waals surface area contributed by atoms with Gasteiger partial charge in [0.2, 0.25) is 0 Å². The number of rotatable bonds is 10. The zero-order valence-corrected chi connectivity index (χ0v) is 23.3. The van der Waals surface area contributed by atoms with Gasteiger partial charge in [-0.2, -0.15) is 9.61 Å². The third-order valence-corrected chi connectivity index (χ3v) is 7.36. The van der Waals surface area contributed by atoms with E-state index in [1.807, 2.05) is 72.5 Å². The molecule has 8 heteroatoms. The van der Waals surface area contributed by atoms with Crippen LogP contribution in [0.5, 0.6) is 0 Å². The smallest absolute Gasteiger partial charge is 0.330 e. The molecule has 0 radical (unpaired) electrons. The average molecular weight is 534 g/mol. The molecule has 38 heavy (non-hydrogen) atoms. The summed E-state index contributed by atoms with van der Waals surface area (Å²) in [6.07, 6.45) is 1.56. The van der Waals surface area contributed by atoms with Gasteiger partial charge in [0, 0.05) is 17.8 Å². The first-order chi connectivity index (χ1) is 18.2. The fourth-order valence-electron chi connectivity index (χ4n) is 4.93. The molecule has 2 heterocycles. The van der Waals surface area contributed by atoms with E-state index in [2.05, 4.69) is 18.9 Å².